The number of para-hydroxylation sites is 1. The molecule has 10 heteroatoms. The number of carbonyl (C=O) groups is 1. The second-order valence-corrected chi connectivity index (χ2v) is 11.0. The molecule has 1 amide bonds. The van der Waals surface area contributed by atoms with Gasteiger partial charge in [-0.25, -0.2) is 13.1 Å². The lowest BCUT2D eigenvalue weighted by Gasteiger charge is -2.10. The van der Waals surface area contributed by atoms with E-state index >= 15 is 0 Å². The van der Waals surface area contributed by atoms with Gasteiger partial charge < -0.3 is 14.5 Å². The lowest BCUT2D eigenvalue weighted by Crippen LogP contribution is -2.28. The van der Waals surface area contributed by atoms with Crippen molar-refractivity contribution < 1.29 is 22.4 Å². The Hall–Kier alpha value is -4.60. The van der Waals surface area contributed by atoms with Crippen molar-refractivity contribution in [3.63, 3.8) is 0 Å². The van der Waals surface area contributed by atoms with Crippen LogP contribution < -0.4 is 10.1 Å². The molecule has 0 bridgehead atoms. The second-order valence-electron chi connectivity index (χ2n) is 8.65. The van der Waals surface area contributed by atoms with Crippen molar-refractivity contribution in [2.24, 2.45) is 0 Å². The van der Waals surface area contributed by atoms with Crippen LogP contribution in [-0.2, 0) is 21.2 Å². The predicted molar refractivity (Wildman–Crippen MR) is 153 cm³/mol. The van der Waals surface area contributed by atoms with Gasteiger partial charge in [0.2, 0.25) is 9.84 Å². The maximum absolute atomic E-state index is 13.8. The zero-order valence-corrected chi connectivity index (χ0v) is 22.9. The number of ether oxygens (including phenoxy) is 1. The molecule has 5 aromatic rings. The minimum absolute atomic E-state index is 0.0116. The van der Waals surface area contributed by atoms with Crippen LogP contribution in [0.25, 0.3) is 23.0 Å². The monoisotopic (exact) mass is 573 g/mol. The van der Waals surface area contributed by atoms with Gasteiger partial charge in [0.05, 0.1) is 35.5 Å². The highest BCUT2D eigenvalue weighted by molar-refractivity contribution is 7.96. The summed E-state index contributed by atoms with van der Waals surface area (Å²) in [6.07, 6.45) is 4.48. The number of benzene rings is 3. The summed E-state index contributed by atoms with van der Waals surface area (Å²) in [4.78, 5) is 13.0. The van der Waals surface area contributed by atoms with Crippen molar-refractivity contribution in [1.29, 1.82) is 0 Å². The van der Waals surface area contributed by atoms with E-state index in [2.05, 4.69) is 5.32 Å². The van der Waals surface area contributed by atoms with E-state index < -0.39 is 20.6 Å². The van der Waals surface area contributed by atoms with Crippen LogP contribution in [0.5, 0.6) is 5.75 Å². The molecule has 40 heavy (non-hydrogen) atoms. The third-order valence-corrected chi connectivity index (χ3v) is 8.12. The summed E-state index contributed by atoms with van der Waals surface area (Å²) in [7, 11) is -2.71. The molecule has 0 fully saturated rings. The molecule has 0 unspecified atom stereocenters. The molecule has 1 N–H and O–H groups in total. The van der Waals surface area contributed by atoms with Crippen LogP contribution >= 0.6 is 11.6 Å². The fourth-order valence-electron chi connectivity index (χ4n) is 4.04. The molecule has 0 radical (unpaired) electrons. The molecule has 202 valence electrons. The number of nitrogens with zero attached hydrogens (tertiary/aromatic N) is 2. The number of furan rings is 1. The van der Waals surface area contributed by atoms with Crippen molar-refractivity contribution in [1.82, 2.24) is 15.1 Å². The molecule has 0 atom stereocenters. The molecule has 0 aliphatic carbocycles. The van der Waals surface area contributed by atoms with Crippen LogP contribution in [0.3, 0.4) is 0 Å². The average molecular weight is 574 g/mol. The molecule has 0 saturated carbocycles. The van der Waals surface area contributed by atoms with E-state index in [1.54, 1.807) is 59.4 Å². The van der Waals surface area contributed by atoms with E-state index in [-0.39, 0.29) is 11.4 Å². The normalized spacial score (nSPS) is 11.8. The van der Waals surface area contributed by atoms with E-state index in [1.807, 2.05) is 30.3 Å². The Bertz CT molecular complexity index is 1760. The van der Waals surface area contributed by atoms with Gasteiger partial charge >= 0.3 is 0 Å². The Balaban J connectivity index is 1.67. The van der Waals surface area contributed by atoms with Gasteiger partial charge in [0.25, 0.3) is 5.91 Å². The standard InChI is InChI=1S/C30H24ClN3O5S/c1-38-27-15-14-21(17-26(27)31)29-22(20-34(33-29)23-9-4-2-5-10-23)18-28(30(35)32-19-24-11-8-16-39-24)40(36,37)25-12-6-3-7-13-25/h2-18,20H,19H2,1H3,(H,32,35)/b28-18+. The van der Waals surface area contributed by atoms with Crippen LogP contribution in [0.15, 0.2) is 118 Å². The molecule has 0 spiro atoms. The number of halogens is 1. The van der Waals surface area contributed by atoms with E-state index in [9.17, 15) is 13.2 Å². The topological polar surface area (TPSA) is 103 Å². The summed E-state index contributed by atoms with van der Waals surface area (Å²) in [5, 5.41) is 7.75. The highest BCUT2D eigenvalue weighted by Crippen LogP contribution is 2.33. The SMILES string of the molecule is COc1ccc(-c2nn(-c3ccccc3)cc2/C=C(\C(=O)NCc2ccco2)S(=O)(=O)c2ccccc2)cc1Cl. The van der Waals surface area contributed by atoms with Gasteiger partial charge in [0.15, 0.2) is 0 Å². The van der Waals surface area contributed by atoms with Crippen molar-refractivity contribution in [3.05, 3.63) is 125 Å². The second kappa shape index (κ2) is 11.6. The number of hydrogen-bond donors (Lipinski definition) is 1. The molecular formula is C30H24ClN3O5S. The van der Waals surface area contributed by atoms with Crippen LogP contribution in [-0.4, -0.2) is 31.2 Å². The van der Waals surface area contributed by atoms with Gasteiger partial charge in [-0.2, -0.15) is 5.10 Å². The lowest BCUT2D eigenvalue weighted by molar-refractivity contribution is -0.117. The highest BCUT2D eigenvalue weighted by Gasteiger charge is 2.28. The fourth-order valence-corrected chi connectivity index (χ4v) is 5.67. The van der Waals surface area contributed by atoms with Crippen molar-refractivity contribution in [2.45, 2.75) is 11.4 Å². The first-order chi connectivity index (χ1) is 19.4. The van der Waals surface area contributed by atoms with Crippen LogP contribution in [0, 0.1) is 0 Å². The van der Waals surface area contributed by atoms with E-state index in [1.165, 1.54) is 31.6 Å². The van der Waals surface area contributed by atoms with Gasteiger partial charge in [0, 0.05) is 17.3 Å². The first-order valence-electron chi connectivity index (χ1n) is 12.2. The smallest absolute Gasteiger partial charge is 0.263 e. The maximum Gasteiger partial charge on any atom is 0.263 e. The first-order valence-corrected chi connectivity index (χ1v) is 14.0. The number of aromatic nitrogens is 2. The van der Waals surface area contributed by atoms with Crippen LogP contribution in [0.1, 0.15) is 11.3 Å². The largest absolute Gasteiger partial charge is 0.495 e. The molecule has 2 heterocycles. The number of nitrogens with one attached hydrogen (secondary N) is 1. The Morgan fingerprint density at radius 1 is 1.02 bits per heavy atom. The number of hydrogen-bond acceptors (Lipinski definition) is 6. The van der Waals surface area contributed by atoms with Crippen LogP contribution in [0.4, 0.5) is 0 Å². The third-order valence-electron chi connectivity index (χ3n) is 6.05. The summed E-state index contributed by atoms with van der Waals surface area (Å²) in [5.41, 5.74) is 2.18. The summed E-state index contributed by atoms with van der Waals surface area (Å²) in [6.45, 7) is 0.0116. The third kappa shape index (κ3) is 5.70. The van der Waals surface area contributed by atoms with Gasteiger partial charge in [-0.05, 0) is 60.7 Å². The minimum atomic E-state index is -4.23. The molecule has 5 rings (SSSR count). The maximum atomic E-state index is 13.8. The van der Waals surface area contributed by atoms with Gasteiger partial charge in [-0.1, -0.05) is 48.0 Å². The van der Waals surface area contributed by atoms with E-state index in [0.29, 0.717) is 33.4 Å². The number of amides is 1. The highest BCUT2D eigenvalue weighted by atomic mass is 35.5. The van der Waals surface area contributed by atoms with Gasteiger partial charge in [-0.15, -0.1) is 0 Å². The zero-order valence-electron chi connectivity index (χ0n) is 21.3. The summed E-state index contributed by atoms with van der Waals surface area (Å²) in [5.74, 6) is 0.177. The molecular weight excluding hydrogens is 550 g/mol. The first kappa shape index (κ1) is 27.0. The van der Waals surface area contributed by atoms with Crippen molar-refractivity contribution >= 4 is 33.4 Å². The molecule has 0 aliphatic rings. The molecule has 8 nitrogen and oxygen atoms in total. The summed E-state index contributed by atoms with van der Waals surface area (Å²) in [6, 6.07) is 25.6. The summed E-state index contributed by atoms with van der Waals surface area (Å²) < 4.78 is 39.8. The predicted octanol–water partition coefficient (Wildman–Crippen LogP) is 5.93. The Kier molecular flexibility index (Phi) is 7.86. The quantitative estimate of drug-likeness (QED) is 0.219. The Morgan fingerprint density at radius 2 is 1.75 bits per heavy atom. The number of methoxy groups -OCH3 is 1. The number of sulfone groups is 1. The minimum Gasteiger partial charge on any atom is -0.495 e. The molecule has 0 saturated heterocycles. The fraction of sp³-hybridized carbons (Fsp3) is 0.0667. The van der Waals surface area contributed by atoms with E-state index in [4.69, 9.17) is 25.9 Å². The number of carbonyl (C=O) groups excluding carboxylic acids is 1. The Morgan fingerprint density at radius 3 is 2.40 bits per heavy atom. The Labute approximate surface area is 236 Å². The molecule has 2 aromatic heterocycles. The van der Waals surface area contributed by atoms with Crippen molar-refractivity contribution in [2.75, 3.05) is 7.11 Å². The molecule has 3 aromatic carbocycles. The van der Waals surface area contributed by atoms with Crippen molar-refractivity contribution in [3.8, 4) is 22.7 Å². The molecule has 0 aliphatic heterocycles. The van der Waals surface area contributed by atoms with Gasteiger partial charge in [-0.3, -0.25) is 4.79 Å². The average Bonchev–Trinajstić information content (AvgIpc) is 3.66. The number of rotatable bonds is 9. The van der Waals surface area contributed by atoms with Gasteiger partial charge in [0.1, 0.15) is 22.1 Å². The lowest BCUT2D eigenvalue weighted by atomic mass is 10.1. The van der Waals surface area contributed by atoms with E-state index in [0.717, 1.165) is 5.69 Å². The zero-order chi connectivity index (χ0) is 28.1. The summed E-state index contributed by atoms with van der Waals surface area (Å²) >= 11 is 6.41. The van der Waals surface area contributed by atoms with Crippen LogP contribution in [0.2, 0.25) is 5.02 Å².